The molecular weight excluding hydrogens is 390 g/mol. The van der Waals surface area contributed by atoms with E-state index in [1.165, 1.54) is 25.3 Å². The molecule has 5 aliphatic carbocycles. The van der Waals surface area contributed by atoms with Gasteiger partial charge in [-0.1, -0.05) is 13.8 Å². The summed E-state index contributed by atoms with van der Waals surface area (Å²) < 4.78 is 1.64. The Morgan fingerprint density at radius 2 is 1.77 bits per heavy atom. The lowest BCUT2D eigenvalue weighted by Crippen LogP contribution is -2.51. The fraction of sp³-hybridized carbons (Fsp3) is 0.667. The number of nitrogens with one attached hydrogen (secondary N) is 2. The second-order valence-electron chi connectivity index (χ2n) is 10.9. The number of hydrogen-bond donors (Lipinski definition) is 2. The van der Waals surface area contributed by atoms with Gasteiger partial charge in [0.2, 0.25) is 11.9 Å². The van der Waals surface area contributed by atoms with Crippen LogP contribution in [0.3, 0.4) is 0 Å². The molecule has 0 aliphatic heterocycles. The molecule has 2 aromatic rings. The van der Waals surface area contributed by atoms with Crippen molar-refractivity contribution in [2.75, 3.05) is 5.32 Å². The van der Waals surface area contributed by atoms with Crippen LogP contribution in [0.25, 0.3) is 5.95 Å². The predicted octanol–water partition coefficient (Wildman–Crippen LogP) is 4.11. The van der Waals surface area contributed by atoms with Gasteiger partial charge >= 0.3 is 0 Å². The van der Waals surface area contributed by atoms with Crippen LogP contribution < -0.4 is 10.9 Å². The van der Waals surface area contributed by atoms with Gasteiger partial charge in [0.05, 0.1) is 16.8 Å². The Hall–Kier alpha value is -2.44. The van der Waals surface area contributed by atoms with Crippen LogP contribution in [-0.2, 0) is 4.79 Å². The van der Waals surface area contributed by atoms with Crippen molar-refractivity contribution in [1.29, 1.82) is 0 Å². The average Bonchev–Trinajstić information content (AvgIpc) is 3.47. The van der Waals surface area contributed by atoms with Crippen molar-refractivity contribution in [1.82, 2.24) is 19.7 Å². The highest BCUT2D eigenvalue weighted by molar-refractivity contribution is 5.95. The standard InChI is InChI=1S/C24H31N5O2/c1-13(2)18-9-21(30)27-23(25-18)29-20(8-19(28-29)17-3-4-17)26-22(31)24-10-14-5-15(11-24)7-16(6-14)12-24/h8-9,13-17H,3-7,10-12H2,1-2H3,(H,26,31)(H,25,27,30). The topological polar surface area (TPSA) is 92.7 Å². The van der Waals surface area contributed by atoms with Gasteiger partial charge in [-0.2, -0.15) is 9.78 Å². The van der Waals surface area contributed by atoms with Crippen LogP contribution in [-0.4, -0.2) is 25.7 Å². The summed E-state index contributed by atoms with van der Waals surface area (Å²) in [4.78, 5) is 33.4. The molecule has 2 aromatic heterocycles. The van der Waals surface area contributed by atoms with E-state index in [-0.39, 0.29) is 22.8 Å². The first-order valence-corrected chi connectivity index (χ1v) is 11.9. The maximum Gasteiger partial charge on any atom is 0.252 e. The van der Waals surface area contributed by atoms with E-state index in [2.05, 4.69) is 15.3 Å². The van der Waals surface area contributed by atoms with Crippen molar-refractivity contribution >= 4 is 11.7 Å². The van der Waals surface area contributed by atoms with Gasteiger partial charge in [0.1, 0.15) is 5.82 Å². The molecule has 5 aliphatic rings. The van der Waals surface area contributed by atoms with Crippen LogP contribution in [0.15, 0.2) is 16.9 Å². The quantitative estimate of drug-likeness (QED) is 0.760. The second-order valence-corrected chi connectivity index (χ2v) is 10.9. The number of hydrogen-bond acceptors (Lipinski definition) is 4. The molecule has 31 heavy (non-hydrogen) atoms. The highest BCUT2D eigenvalue weighted by Crippen LogP contribution is 2.60. The highest BCUT2D eigenvalue weighted by atomic mass is 16.2. The summed E-state index contributed by atoms with van der Waals surface area (Å²) >= 11 is 0. The summed E-state index contributed by atoms with van der Waals surface area (Å²) in [7, 11) is 0. The lowest BCUT2D eigenvalue weighted by atomic mass is 9.49. The fourth-order valence-corrected chi connectivity index (χ4v) is 6.73. The number of H-pyrrole nitrogens is 1. The third-order valence-corrected chi connectivity index (χ3v) is 8.03. The zero-order valence-electron chi connectivity index (χ0n) is 18.4. The lowest BCUT2D eigenvalue weighted by molar-refractivity contribution is -0.140. The Kier molecular flexibility index (Phi) is 4.21. The predicted molar refractivity (Wildman–Crippen MR) is 117 cm³/mol. The Bertz CT molecular complexity index is 1060. The summed E-state index contributed by atoms with van der Waals surface area (Å²) in [6.45, 7) is 4.03. The zero-order chi connectivity index (χ0) is 21.3. The Morgan fingerprint density at radius 1 is 1.13 bits per heavy atom. The van der Waals surface area contributed by atoms with Crippen LogP contribution in [0, 0.1) is 23.2 Å². The molecule has 0 saturated heterocycles. The molecule has 164 valence electrons. The second kappa shape index (κ2) is 6.78. The number of anilines is 1. The van der Waals surface area contributed by atoms with Gasteiger partial charge in [0, 0.05) is 18.1 Å². The zero-order valence-corrected chi connectivity index (χ0v) is 18.4. The summed E-state index contributed by atoms with van der Waals surface area (Å²) in [5, 5.41) is 7.99. The third kappa shape index (κ3) is 3.33. The Labute approximate surface area is 182 Å². The van der Waals surface area contributed by atoms with Crippen molar-refractivity contribution in [3.63, 3.8) is 0 Å². The SMILES string of the molecule is CC(C)c1cc(=O)[nH]c(-n2nc(C3CC3)cc2NC(=O)C23CC4CC(CC(C4)C2)C3)n1. The molecule has 0 spiro atoms. The molecule has 7 rings (SSSR count). The van der Waals surface area contributed by atoms with E-state index in [1.807, 2.05) is 19.9 Å². The summed E-state index contributed by atoms with van der Waals surface area (Å²) in [6.07, 6.45) is 9.23. The fourth-order valence-electron chi connectivity index (χ4n) is 6.73. The molecular formula is C24H31N5O2. The number of aromatic nitrogens is 4. The number of carbonyl (C=O) groups excluding carboxylic acids is 1. The third-order valence-electron chi connectivity index (χ3n) is 8.03. The van der Waals surface area contributed by atoms with E-state index in [9.17, 15) is 9.59 Å². The van der Waals surface area contributed by atoms with Crippen LogP contribution in [0.2, 0.25) is 0 Å². The molecule has 5 saturated carbocycles. The van der Waals surface area contributed by atoms with E-state index in [0.717, 1.165) is 43.5 Å². The molecule has 0 radical (unpaired) electrons. The largest absolute Gasteiger partial charge is 0.310 e. The van der Waals surface area contributed by atoms with Crippen molar-refractivity contribution < 1.29 is 4.79 Å². The van der Waals surface area contributed by atoms with Gasteiger partial charge in [-0.15, -0.1) is 0 Å². The molecule has 0 aromatic carbocycles. The Balaban J connectivity index is 1.35. The first-order valence-electron chi connectivity index (χ1n) is 11.9. The highest BCUT2D eigenvalue weighted by Gasteiger charge is 2.54. The molecule has 0 atom stereocenters. The van der Waals surface area contributed by atoms with Crippen LogP contribution in [0.4, 0.5) is 5.82 Å². The monoisotopic (exact) mass is 421 g/mol. The minimum Gasteiger partial charge on any atom is -0.310 e. The van der Waals surface area contributed by atoms with Crippen molar-refractivity contribution in [2.24, 2.45) is 23.2 Å². The van der Waals surface area contributed by atoms with Crippen molar-refractivity contribution in [2.45, 2.75) is 77.0 Å². The maximum atomic E-state index is 13.6. The normalized spacial score (nSPS) is 31.4. The summed E-state index contributed by atoms with van der Waals surface area (Å²) in [5.41, 5.74) is 1.26. The number of carbonyl (C=O) groups is 1. The maximum absolute atomic E-state index is 13.6. The number of nitrogens with zero attached hydrogens (tertiary/aromatic N) is 3. The summed E-state index contributed by atoms with van der Waals surface area (Å²) in [6, 6.07) is 3.52. The molecule has 0 unspecified atom stereocenters. The lowest BCUT2D eigenvalue weighted by Gasteiger charge is -2.55. The molecule has 2 N–H and O–H groups in total. The molecule has 7 nitrogen and oxygen atoms in total. The van der Waals surface area contributed by atoms with E-state index in [0.29, 0.717) is 35.4 Å². The van der Waals surface area contributed by atoms with E-state index < -0.39 is 0 Å². The van der Waals surface area contributed by atoms with E-state index in [4.69, 9.17) is 5.10 Å². The smallest absolute Gasteiger partial charge is 0.252 e. The molecule has 7 heteroatoms. The van der Waals surface area contributed by atoms with Gasteiger partial charge < -0.3 is 5.32 Å². The van der Waals surface area contributed by atoms with Gasteiger partial charge in [0.15, 0.2) is 0 Å². The number of rotatable bonds is 5. The molecule has 4 bridgehead atoms. The van der Waals surface area contributed by atoms with E-state index >= 15 is 0 Å². The van der Waals surface area contributed by atoms with Crippen molar-refractivity contribution in [3.05, 3.63) is 33.9 Å². The first kappa shape index (κ1) is 19.3. The van der Waals surface area contributed by atoms with Crippen LogP contribution in [0.1, 0.15) is 88.4 Å². The van der Waals surface area contributed by atoms with Crippen molar-refractivity contribution in [3.8, 4) is 5.95 Å². The summed E-state index contributed by atoms with van der Waals surface area (Å²) in [5.74, 6) is 3.85. The number of amides is 1. The minimum absolute atomic E-state index is 0.129. The van der Waals surface area contributed by atoms with Crippen LogP contribution >= 0.6 is 0 Å². The first-order chi connectivity index (χ1) is 14.9. The van der Waals surface area contributed by atoms with Gasteiger partial charge in [-0.25, -0.2) is 4.98 Å². The Morgan fingerprint density at radius 3 is 2.35 bits per heavy atom. The van der Waals surface area contributed by atoms with Gasteiger partial charge in [-0.3, -0.25) is 14.6 Å². The van der Waals surface area contributed by atoms with Crippen LogP contribution in [0.5, 0.6) is 0 Å². The van der Waals surface area contributed by atoms with E-state index in [1.54, 1.807) is 4.68 Å². The number of aromatic amines is 1. The molecule has 1 amide bonds. The van der Waals surface area contributed by atoms with Gasteiger partial charge in [0.25, 0.3) is 5.56 Å². The molecule has 2 heterocycles. The van der Waals surface area contributed by atoms with Gasteiger partial charge in [-0.05, 0) is 75.0 Å². The molecule has 5 fully saturated rings. The average molecular weight is 422 g/mol. The minimum atomic E-state index is -0.232.